The van der Waals surface area contributed by atoms with E-state index in [0.29, 0.717) is 12.6 Å². The van der Waals surface area contributed by atoms with Crippen molar-refractivity contribution in [3.63, 3.8) is 0 Å². The maximum absolute atomic E-state index is 12.8. The summed E-state index contributed by atoms with van der Waals surface area (Å²) in [5.74, 6) is 0. The number of nitrogens with zero attached hydrogens (tertiary/aromatic N) is 2. The highest BCUT2D eigenvalue weighted by molar-refractivity contribution is 5.25. The number of likely N-dealkylation sites (tertiary alicyclic amines) is 2. The first-order chi connectivity index (χ1) is 10.5. The first kappa shape index (κ1) is 15.8. The minimum absolute atomic E-state index is 0.545. The maximum Gasteiger partial charge on any atom is 0.416 e. The van der Waals surface area contributed by atoms with Gasteiger partial charge in [0, 0.05) is 25.7 Å². The van der Waals surface area contributed by atoms with E-state index in [1.165, 1.54) is 44.5 Å². The van der Waals surface area contributed by atoms with Gasteiger partial charge in [-0.1, -0.05) is 24.6 Å². The first-order valence-electron chi connectivity index (χ1n) is 8.15. The van der Waals surface area contributed by atoms with Crippen LogP contribution in [0.1, 0.15) is 36.8 Å². The van der Waals surface area contributed by atoms with Gasteiger partial charge < -0.3 is 0 Å². The van der Waals surface area contributed by atoms with E-state index in [4.69, 9.17) is 0 Å². The summed E-state index contributed by atoms with van der Waals surface area (Å²) in [6.45, 7) is 4.95. The highest BCUT2D eigenvalue weighted by Crippen LogP contribution is 2.30. The normalized spacial score (nSPS) is 24.8. The second kappa shape index (κ2) is 6.59. The van der Waals surface area contributed by atoms with Crippen molar-refractivity contribution >= 4 is 0 Å². The van der Waals surface area contributed by atoms with Crippen LogP contribution in [-0.2, 0) is 12.7 Å². The Morgan fingerprint density at radius 2 is 1.82 bits per heavy atom. The number of alkyl halides is 3. The van der Waals surface area contributed by atoms with E-state index in [0.717, 1.165) is 31.1 Å². The molecule has 0 spiro atoms. The van der Waals surface area contributed by atoms with E-state index in [1.54, 1.807) is 6.07 Å². The molecule has 1 atom stereocenters. The number of rotatable bonds is 3. The van der Waals surface area contributed by atoms with Gasteiger partial charge in [-0.05, 0) is 44.0 Å². The van der Waals surface area contributed by atoms with E-state index in [9.17, 15) is 13.2 Å². The molecule has 0 radical (unpaired) electrons. The quantitative estimate of drug-likeness (QED) is 0.838. The molecule has 0 saturated carbocycles. The standard InChI is InChI=1S/C17H23F3N2/c18-17(19,20)15-6-4-5-14(11-15)12-21-10-7-16(13-21)22-8-2-1-3-9-22/h4-6,11,16H,1-3,7-10,12-13H2/t16-/m0/s1. The SMILES string of the molecule is FC(F)(F)c1cccc(CN2CC[C@H](N3CCCCC3)C2)c1. The van der Waals surface area contributed by atoms with E-state index >= 15 is 0 Å². The summed E-state index contributed by atoms with van der Waals surface area (Å²) in [4.78, 5) is 4.85. The predicted octanol–water partition coefficient (Wildman–Crippen LogP) is 3.77. The Balaban J connectivity index is 1.58. The van der Waals surface area contributed by atoms with Crippen molar-refractivity contribution in [2.45, 2.75) is 44.4 Å². The minimum Gasteiger partial charge on any atom is -0.299 e. The summed E-state index contributed by atoms with van der Waals surface area (Å²) in [5.41, 5.74) is 0.214. The summed E-state index contributed by atoms with van der Waals surface area (Å²) in [5, 5.41) is 0. The van der Waals surface area contributed by atoms with Crippen LogP contribution in [0.15, 0.2) is 24.3 Å². The molecule has 22 heavy (non-hydrogen) atoms. The number of hydrogen-bond acceptors (Lipinski definition) is 2. The zero-order valence-corrected chi connectivity index (χ0v) is 12.8. The molecule has 0 amide bonds. The average Bonchev–Trinajstić information content (AvgIpc) is 2.96. The van der Waals surface area contributed by atoms with E-state index in [-0.39, 0.29) is 0 Å². The fourth-order valence-electron chi connectivity index (χ4n) is 3.64. The number of piperidine rings is 1. The molecule has 0 aliphatic carbocycles. The Bertz CT molecular complexity index is 495. The topological polar surface area (TPSA) is 6.48 Å². The molecule has 122 valence electrons. The molecule has 0 N–H and O–H groups in total. The Hall–Kier alpha value is -1.07. The van der Waals surface area contributed by atoms with Crippen molar-refractivity contribution in [2.75, 3.05) is 26.2 Å². The van der Waals surface area contributed by atoms with Gasteiger partial charge in [0.25, 0.3) is 0 Å². The van der Waals surface area contributed by atoms with Gasteiger partial charge in [0.1, 0.15) is 0 Å². The molecule has 0 aromatic heterocycles. The lowest BCUT2D eigenvalue weighted by Crippen LogP contribution is -2.40. The van der Waals surface area contributed by atoms with Crippen LogP contribution in [0, 0.1) is 0 Å². The lowest BCUT2D eigenvalue weighted by atomic mass is 10.1. The van der Waals surface area contributed by atoms with Crippen LogP contribution in [0.5, 0.6) is 0 Å². The molecule has 2 aliphatic heterocycles. The van der Waals surface area contributed by atoms with Gasteiger partial charge in [-0.25, -0.2) is 0 Å². The van der Waals surface area contributed by atoms with Gasteiger partial charge in [-0.15, -0.1) is 0 Å². The van der Waals surface area contributed by atoms with Crippen LogP contribution in [0.3, 0.4) is 0 Å². The second-order valence-corrected chi connectivity index (χ2v) is 6.47. The van der Waals surface area contributed by atoms with Gasteiger partial charge in [-0.2, -0.15) is 13.2 Å². The highest BCUT2D eigenvalue weighted by atomic mass is 19.4. The largest absolute Gasteiger partial charge is 0.416 e. The number of halogens is 3. The molecule has 1 aromatic rings. The molecule has 0 bridgehead atoms. The maximum atomic E-state index is 12.8. The molecule has 3 rings (SSSR count). The van der Waals surface area contributed by atoms with Crippen LogP contribution in [0.25, 0.3) is 0 Å². The molecule has 2 heterocycles. The molecular weight excluding hydrogens is 289 g/mol. The average molecular weight is 312 g/mol. The summed E-state index contributed by atoms with van der Waals surface area (Å²) in [6, 6.07) is 6.32. The van der Waals surface area contributed by atoms with Gasteiger partial charge >= 0.3 is 6.18 Å². The van der Waals surface area contributed by atoms with Gasteiger partial charge in [0.05, 0.1) is 5.56 Å². The first-order valence-corrected chi connectivity index (χ1v) is 8.15. The molecule has 2 saturated heterocycles. The lowest BCUT2D eigenvalue weighted by molar-refractivity contribution is -0.137. The number of hydrogen-bond donors (Lipinski definition) is 0. The predicted molar refractivity (Wildman–Crippen MR) is 80.6 cm³/mol. The molecular formula is C17H23F3N2. The Kier molecular flexibility index (Phi) is 4.73. The molecule has 1 aromatic carbocycles. The molecule has 5 heteroatoms. The minimum atomic E-state index is -4.25. The molecule has 2 fully saturated rings. The van der Waals surface area contributed by atoms with E-state index in [2.05, 4.69) is 9.80 Å². The van der Waals surface area contributed by atoms with Crippen molar-refractivity contribution in [2.24, 2.45) is 0 Å². The fourth-order valence-corrected chi connectivity index (χ4v) is 3.64. The third kappa shape index (κ3) is 3.82. The number of benzene rings is 1. The zero-order chi connectivity index (χ0) is 15.6. The van der Waals surface area contributed by atoms with Crippen molar-refractivity contribution in [1.29, 1.82) is 0 Å². The Labute approximate surface area is 129 Å². The van der Waals surface area contributed by atoms with E-state index < -0.39 is 11.7 Å². The smallest absolute Gasteiger partial charge is 0.299 e. The summed E-state index contributed by atoms with van der Waals surface area (Å²) >= 11 is 0. The highest BCUT2D eigenvalue weighted by Gasteiger charge is 2.31. The van der Waals surface area contributed by atoms with Crippen molar-refractivity contribution in [1.82, 2.24) is 9.80 Å². The Morgan fingerprint density at radius 3 is 2.55 bits per heavy atom. The third-order valence-corrected chi connectivity index (χ3v) is 4.82. The molecule has 0 unspecified atom stereocenters. The van der Waals surface area contributed by atoms with Crippen LogP contribution in [0.2, 0.25) is 0 Å². The van der Waals surface area contributed by atoms with Gasteiger partial charge in [0.15, 0.2) is 0 Å². The van der Waals surface area contributed by atoms with Gasteiger partial charge in [-0.3, -0.25) is 9.80 Å². The summed E-state index contributed by atoms with van der Waals surface area (Å²) in [7, 11) is 0. The van der Waals surface area contributed by atoms with Crippen molar-refractivity contribution < 1.29 is 13.2 Å². The van der Waals surface area contributed by atoms with Gasteiger partial charge in [0.2, 0.25) is 0 Å². The lowest BCUT2D eigenvalue weighted by Gasteiger charge is -2.32. The van der Waals surface area contributed by atoms with Crippen molar-refractivity contribution in [3.05, 3.63) is 35.4 Å². The van der Waals surface area contributed by atoms with Crippen LogP contribution in [0.4, 0.5) is 13.2 Å². The summed E-state index contributed by atoms with van der Waals surface area (Å²) < 4.78 is 38.3. The van der Waals surface area contributed by atoms with Crippen molar-refractivity contribution in [3.8, 4) is 0 Å². The molecule has 2 nitrogen and oxygen atoms in total. The summed E-state index contributed by atoms with van der Waals surface area (Å²) in [6.07, 6.45) is 0.780. The third-order valence-electron chi connectivity index (χ3n) is 4.82. The van der Waals surface area contributed by atoms with Crippen LogP contribution >= 0.6 is 0 Å². The zero-order valence-electron chi connectivity index (χ0n) is 12.8. The van der Waals surface area contributed by atoms with Crippen LogP contribution < -0.4 is 0 Å². The molecule has 2 aliphatic rings. The second-order valence-electron chi connectivity index (χ2n) is 6.47. The van der Waals surface area contributed by atoms with E-state index in [1.807, 2.05) is 0 Å². The fraction of sp³-hybridized carbons (Fsp3) is 0.647. The monoisotopic (exact) mass is 312 g/mol. The Morgan fingerprint density at radius 1 is 1.05 bits per heavy atom. The van der Waals surface area contributed by atoms with Crippen LogP contribution in [-0.4, -0.2) is 42.0 Å².